The Kier molecular flexibility index (Phi) is 5.08. The van der Waals surface area contributed by atoms with E-state index in [1.165, 1.54) is 4.88 Å². The van der Waals surface area contributed by atoms with Gasteiger partial charge in [0.2, 0.25) is 0 Å². The van der Waals surface area contributed by atoms with E-state index in [0.717, 1.165) is 46.0 Å². The first-order valence-corrected chi connectivity index (χ1v) is 9.22. The predicted molar refractivity (Wildman–Crippen MR) is 101 cm³/mol. The van der Waals surface area contributed by atoms with Gasteiger partial charge < -0.3 is 5.32 Å². The Bertz CT molecular complexity index is 913. The van der Waals surface area contributed by atoms with Crippen molar-refractivity contribution in [3.8, 4) is 0 Å². The van der Waals surface area contributed by atoms with E-state index in [1.807, 2.05) is 26.8 Å². The van der Waals surface area contributed by atoms with E-state index >= 15 is 0 Å². The second-order valence-electron chi connectivity index (χ2n) is 6.21. The zero-order chi connectivity index (χ0) is 18.0. The minimum Gasteiger partial charge on any atom is -0.352 e. The number of carbonyl (C=O) groups excluding carboxylic acids is 1. The highest BCUT2D eigenvalue weighted by Gasteiger charge is 2.09. The number of amides is 1. The molecule has 0 aliphatic heterocycles. The lowest BCUT2D eigenvalue weighted by Gasteiger charge is -2.07. The van der Waals surface area contributed by atoms with Gasteiger partial charge in [-0.1, -0.05) is 0 Å². The molecule has 0 saturated carbocycles. The van der Waals surface area contributed by atoms with Crippen LogP contribution in [0.2, 0.25) is 0 Å². The Labute approximate surface area is 151 Å². The van der Waals surface area contributed by atoms with Crippen LogP contribution in [0.3, 0.4) is 0 Å². The van der Waals surface area contributed by atoms with Crippen molar-refractivity contribution >= 4 is 28.3 Å². The first-order chi connectivity index (χ1) is 11.9. The Hall–Kier alpha value is -2.34. The molecule has 0 unspecified atom stereocenters. The van der Waals surface area contributed by atoms with Gasteiger partial charge in [0, 0.05) is 23.4 Å². The quantitative estimate of drug-likeness (QED) is 0.710. The summed E-state index contributed by atoms with van der Waals surface area (Å²) >= 11 is 1.73. The summed E-state index contributed by atoms with van der Waals surface area (Å²) in [5.41, 5.74) is 5.09. The van der Waals surface area contributed by atoms with Gasteiger partial charge in [-0.05, 0) is 52.3 Å². The monoisotopic (exact) mass is 354 g/mol. The van der Waals surface area contributed by atoms with Crippen molar-refractivity contribution in [3.05, 3.63) is 50.7 Å². The summed E-state index contributed by atoms with van der Waals surface area (Å²) in [5, 5.41) is 4.11. The lowest BCUT2D eigenvalue weighted by atomic mass is 10.1. The molecule has 0 bridgehead atoms. The molecule has 1 amide bonds. The summed E-state index contributed by atoms with van der Waals surface area (Å²) in [6.45, 7) is 8.62. The Morgan fingerprint density at radius 2 is 1.72 bits per heavy atom. The normalized spacial score (nSPS) is 11.0. The highest BCUT2D eigenvalue weighted by Crippen LogP contribution is 2.18. The molecular formula is C19H22N4OS. The van der Waals surface area contributed by atoms with Crippen molar-refractivity contribution < 1.29 is 4.79 Å². The minimum absolute atomic E-state index is 0.0755. The summed E-state index contributed by atoms with van der Waals surface area (Å²) in [4.78, 5) is 27.1. The number of hydrogen-bond donors (Lipinski definition) is 1. The zero-order valence-corrected chi connectivity index (χ0v) is 15.8. The highest BCUT2D eigenvalue weighted by atomic mass is 32.1. The van der Waals surface area contributed by atoms with E-state index in [2.05, 4.69) is 27.2 Å². The van der Waals surface area contributed by atoms with E-state index in [4.69, 9.17) is 0 Å². The summed E-state index contributed by atoms with van der Waals surface area (Å²) < 4.78 is 0. The lowest BCUT2D eigenvalue weighted by Crippen LogP contribution is -2.24. The number of fused-ring (bicyclic) bond motifs is 1. The van der Waals surface area contributed by atoms with E-state index in [1.54, 1.807) is 23.5 Å². The number of rotatable bonds is 5. The molecule has 3 rings (SSSR count). The fourth-order valence-electron chi connectivity index (χ4n) is 2.56. The molecule has 25 heavy (non-hydrogen) atoms. The Morgan fingerprint density at radius 1 is 1.00 bits per heavy atom. The molecule has 0 spiro atoms. The van der Waals surface area contributed by atoms with Gasteiger partial charge in [0.05, 0.1) is 33.1 Å². The molecule has 3 aromatic rings. The molecule has 0 radical (unpaired) electrons. The number of benzene rings is 1. The molecular weight excluding hydrogens is 332 g/mol. The first kappa shape index (κ1) is 17.5. The molecule has 0 saturated heterocycles. The third-order valence-corrected chi connectivity index (χ3v) is 5.40. The molecule has 1 aromatic carbocycles. The fraction of sp³-hybridized carbons (Fsp3) is 0.368. The third-order valence-electron chi connectivity index (χ3n) is 4.26. The van der Waals surface area contributed by atoms with E-state index < -0.39 is 0 Å². The van der Waals surface area contributed by atoms with Crippen LogP contribution in [0.25, 0.3) is 11.0 Å². The van der Waals surface area contributed by atoms with Crippen LogP contribution in [0.1, 0.15) is 43.7 Å². The van der Waals surface area contributed by atoms with Crippen LogP contribution >= 0.6 is 11.3 Å². The minimum atomic E-state index is -0.0755. The number of nitrogens with zero attached hydrogens (tertiary/aromatic N) is 3. The van der Waals surface area contributed by atoms with Gasteiger partial charge in [0.25, 0.3) is 5.91 Å². The van der Waals surface area contributed by atoms with Crippen LogP contribution in [-0.2, 0) is 6.42 Å². The van der Waals surface area contributed by atoms with Crippen LogP contribution in [0.5, 0.6) is 0 Å². The van der Waals surface area contributed by atoms with E-state index in [0.29, 0.717) is 12.1 Å². The number of thiazole rings is 1. The van der Waals surface area contributed by atoms with Crippen molar-refractivity contribution in [3.63, 3.8) is 0 Å². The maximum atomic E-state index is 12.3. The van der Waals surface area contributed by atoms with Crippen molar-refractivity contribution in [1.82, 2.24) is 20.3 Å². The van der Waals surface area contributed by atoms with Gasteiger partial charge in [0.15, 0.2) is 0 Å². The smallest absolute Gasteiger partial charge is 0.251 e. The highest BCUT2D eigenvalue weighted by molar-refractivity contribution is 7.11. The summed E-state index contributed by atoms with van der Waals surface area (Å²) in [6, 6.07) is 5.46. The number of carbonyl (C=O) groups is 1. The molecule has 6 heteroatoms. The number of nitrogens with one attached hydrogen (secondary N) is 1. The first-order valence-electron chi connectivity index (χ1n) is 8.40. The van der Waals surface area contributed by atoms with Crippen molar-refractivity contribution in [2.24, 2.45) is 0 Å². The van der Waals surface area contributed by atoms with Crippen LogP contribution in [0, 0.1) is 27.7 Å². The molecule has 0 fully saturated rings. The summed E-state index contributed by atoms with van der Waals surface area (Å²) in [6.07, 6.45) is 1.77. The molecule has 130 valence electrons. The van der Waals surface area contributed by atoms with Gasteiger partial charge in [-0.2, -0.15) is 0 Å². The van der Waals surface area contributed by atoms with Gasteiger partial charge in [0.1, 0.15) is 0 Å². The number of aromatic nitrogens is 3. The molecule has 0 aliphatic rings. The average molecular weight is 354 g/mol. The van der Waals surface area contributed by atoms with Crippen LogP contribution in [0.4, 0.5) is 0 Å². The Morgan fingerprint density at radius 3 is 2.40 bits per heavy atom. The summed E-state index contributed by atoms with van der Waals surface area (Å²) in [5.74, 6) is -0.0755. The molecule has 1 N–H and O–H groups in total. The molecule has 0 atom stereocenters. The number of hydrogen-bond acceptors (Lipinski definition) is 5. The van der Waals surface area contributed by atoms with Crippen LogP contribution in [0.15, 0.2) is 18.2 Å². The van der Waals surface area contributed by atoms with Crippen molar-refractivity contribution in [2.75, 3.05) is 6.54 Å². The average Bonchev–Trinajstić information content (AvgIpc) is 2.90. The SMILES string of the molecule is Cc1nc2ccc(C(=O)NCCCc3nc(C)c(C)s3)cc2nc1C. The van der Waals surface area contributed by atoms with Gasteiger partial charge in [-0.15, -0.1) is 11.3 Å². The van der Waals surface area contributed by atoms with Gasteiger partial charge >= 0.3 is 0 Å². The number of aryl methyl sites for hydroxylation is 5. The lowest BCUT2D eigenvalue weighted by molar-refractivity contribution is 0.0953. The topological polar surface area (TPSA) is 67.8 Å². The standard InChI is InChI=1S/C19H22N4OS/c1-11-12(2)22-17-10-15(7-8-16(17)21-11)19(24)20-9-5-6-18-23-13(3)14(4)25-18/h7-8,10H,5-6,9H2,1-4H3,(H,20,24). The summed E-state index contributed by atoms with van der Waals surface area (Å²) in [7, 11) is 0. The second-order valence-corrected chi connectivity index (χ2v) is 7.49. The fourth-order valence-corrected chi connectivity index (χ4v) is 3.54. The Balaban J connectivity index is 1.59. The maximum absolute atomic E-state index is 12.3. The van der Waals surface area contributed by atoms with Crippen LogP contribution in [-0.4, -0.2) is 27.4 Å². The van der Waals surface area contributed by atoms with Gasteiger partial charge in [-0.3, -0.25) is 4.79 Å². The largest absolute Gasteiger partial charge is 0.352 e. The zero-order valence-electron chi connectivity index (χ0n) is 15.0. The van der Waals surface area contributed by atoms with Gasteiger partial charge in [-0.25, -0.2) is 15.0 Å². The van der Waals surface area contributed by atoms with Crippen molar-refractivity contribution in [1.29, 1.82) is 0 Å². The predicted octanol–water partition coefficient (Wildman–Crippen LogP) is 3.68. The molecule has 2 aromatic heterocycles. The van der Waals surface area contributed by atoms with Crippen LogP contribution < -0.4 is 5.32 Å². The van der Waals surface area contributed by atoms with E-state index in [-0.39, 0.29) is 5.91 Å². The molecule has 0 aliphatic carbocycles. The van der Waals surface area contributed by atoms with E-state index in [9.17, 15) is 4.79 Å². The molecule has 5 nitrogen and oxygen atoms in total. The maximum Gasteiger partial charge on any atom is 0.251 e. The third kappa shape index (κ3) is 4.02. The second kappa shape index (κ2) is 7.27. The van der Waals surface area contributed by atoms with Crippen molar-refractivity contribution in [2.45, 2.75) is 40.5 Å². The molecule has 2 heterocycles.